The van der Waals surface area contributed by atoms with Crippen LogP contribution in [0.15, 0.2) is 72.8 Å². The SMILES string of the molecule is CS(=O)(=O)N(CC(=O)Nc1ccc(OCc2ccccc2)cc1)c1ccc(Cl)cc1Cl. The number of hydrogen-bond acceptors (Lipinski definition) is 4. The number of anilines is 2. The van der Waals surface area contributed by atoms with Gasteiger partial charge in [-0.1, -0.05) is 53.5 Å². The molecule has 0 bridgehead atoms. The molecule has 3 aromatic rings. The molecule has 0 aliphatic heterocycles. The van der Waals surface area contributed by atoms with Gasteiger partial charge in [0.25, 0.3) is 0 Å². The minimum Gasteiger partial charge on any atom is -0.489 e. The van der Waals surface area contributed by atoms with Gasteiger partial charge in [-0.2, -0.15) is 0 Å². The van der Waals surface area contributed by atoms with Gasteiger partial charge in [0.15, 0.2) is 0 Å². The van der Waals surface area contributed by atoms with E-state index in [0.29, 0.717) is 23.1 Å². The Morgan fingerprint density at radius 3 is 2.29 bits per heavy atom. The van der Waals surface area contributed by atoms with E-state index in [4.69, 9.17) is 27.9 Å². The van der Waals surface area contributed by atoms with E-state index in [1.807, 2.05) is 30.3 Å². The molecule has 0 aliphatic rings. The molecular weight excluding hydrogens is 459 g/mol. The zero-order chi connectivity index (χ0) is 22.4. The van der Waals surface area contributed by atoms with E-state index >= 15 is 0 Å². The normalized spacial score (nSPS) is 11.1. The third-order valence-corrected chi connectivity index (χ3v) is 5.92. The van der Waals surface area contributed by atoms with Crippen LogP contribution in [-0.4, -0.2) is 27.1 Å². The van der Waals surface area contributed by atoms with Crippen molar-refractivity contribution in [1.82, 2.24) is 0 Å². The number of halogens is 2. The highest BCUT2D eigenvalue weighted by Gasteiger charge is 2.23. The van der Waals surface area contributed by atoms with Crippen LogP contribution in [0.25, 0.3) is 0 Å². The van der Waals surface area contributed by atoms with E-state index in [1.165, 1.54) is 18.2 Å². The fourth-order valence-corrected chi connectivity index (χ4v) is 4.20. The van der Waals surface area contributed by atoms with Crippen LogP contribution in [0.3, 0.4) is 0 Å². The number of benzene rings is 3. The van der Waals surface area contributed by atoms with Crippen molar-refractivity contribution >= 4 is 50.5 Å². The fourth-order valence-electron chi connectivity index (χ4n) is 2.77. The lowest BCUT2D eigenvalue weighted by molar-refractivity contribution is -0.114. The predicted molar refractivity (Wildman–Crippen MR) is 124 cm³/mol. The molecule has 0 heterocycles. The molecule has 1 amide bonds. The topological polar surface area (TPSA) is 75.7 Å². The van der Waals surface area contributed by atoms with Crippen molar-refractivity contribution in [1.29, 1.82) is 0 Å². The Labute approximate surface area is 191 Å². The Bertz CT molecular complexity index is 1150. The summed E-state index contributed by atoms with van der Waals surface area (Å²) in [4.78, 5) is 12.5. The minimum absolute atomic E-state index is 0.130. The van der Waals surface area contributed by atoms with E-state index in [0.717, 1.165) is 16.1 Å². The monoisotopic (exact) mass is 478 g/mol. The average molecular weight is 479 g/mol. The Hall–Kier alpha value is -2.74. The van der Waals surface area contributed by atoms with Gasteiger partial charge in [0.05, 0.1) is 17.0 Å². The van der Waals surface area contributed by atoms with Crippen LogP contribution >= 0.6 is 23.2 Å². The third-order valence-electron chi connectivity index (χ3n) is 4.25. The van der Waals surface area contributed by atoms with Gasteiger partial charge < -0.3 is 10.1 Å². The molecule has 3 rings (SSSR count). The first kappa shape index (κ1) is 22.9. The minimum atomic E-state index is -3.76. The molecule has 6 nitrogen and oxygen atoms in total. The highest BCUT2D eigenvalue weighted by Crippen LogP contribution is 2.30. The van der Waals surface area contributed by atoms with E-state index in [2.05, 4.69) is 5.32 Å². The molecule has 0 aromatic heterocycles. The molecule has 31 heavy (non-hydrogen) atoms. The molecule has 0 spiro atoms. The van der Waals surface area contributed by atoms with Crippen LogP contribution in [0.2, 0.25) is 10.0 Å². The standard InChI is InChI=1S/C22H20Cl2N2O4S/c1-31(28,29)26(21-12-7-17(23)13-20(21)24)14-22(27)25-18-8-10-19(11-9-18)30-15-16-5-3-2-4-6-16/h2-13H,14-15H2,1H3,(H,25,27). The fraction of sp³-hybridized carbons (Fsp3) is 0.136. The summed E-state index contributed by atoms with van der Waals surface area (Å²) in [6.07, 6.45) is 1.00. The summed E-state index contributed by atoms with van der Waals surface area (Å²) in [5.41, 5.74) is 1.72. The molecule has 0 fully saturated rings. The summed E-state index contributed by atoms with van der Waals surface area (Å²) in [7, 11) is -3.76. The molecule has 3 aromatic carbocycles. The van der Waals surface area contributed by atoms with Gasteiger partial charge in [-0.25, -0.2) is 8.42 Å². The number of sulfonamides is 1. The van der Waals surface area contributed by atoms with Crippen molar-refractivity contribution < 1.29 is 17.9 Å². The molecule has 0 atom stereocenters. The maximum Gasteiger partial charge on any atom is 0.245 e. The predicted octanol–water partition coefficient (Wildman–Crippen LogP) is 4.98. The first-order chi connectivity index (χ1) is 14.7. The number of ether oxygens (including phenoxy) is 1. The van der Waals surface area contributed by atoms with Gasteiger partial charge >= 0.3 is 0 Å². The number of hydrogen-bond donors (Lipinski definition) is 1. The third kappa shape index (κ3) is 6.62. The van der Waals surface area contributed by atoms with Crippen LogP contribution in [0.5, 0.6) is 5.75 Å². The van der Waals surface area contributed by atoms with E-state index < -0.39 is 22.5 Å². The van der Waals surface area contributed by atoms with E-state index in [9.17, 15) is 13.2 Å². The number of carbonyl (C=O) groups excluding carboxylic acids is 1. The highest BCUT2D eigenvalue weighted by molar-refractivity contribution is 7.92. The van der Waals surface area contributed by atoms with Crippen molar-refractivity contribution in [3.63, 3.8) is 0 Å². The average Bonchev–Trinajstić information content (AvgIpc) is 2.72. The Morgan fingerprint density at radius 2 is 1.68 bits per heavy atom. The summed E-state index contributed by atoms with van der Waals surface area (Å²) < 4.78 is 31.1. The maximum absolute atomic E-state index is 12.5. The maximum atomic E-state index is 12.5. The van der Waals surface area contributed by atoms with Gasteiger partial charge in [0.2, 0.25) is 15.9 Å². The molecule has 1 N–H and O–H groups in total. The number of carbonyl (C=O) groups is 1. The van der Waals surface area contributed by atoms with Gasteiger partial charge in [-0.3, -0.25) is 9.10 Å². The van der Waals surface area contributed by atoms with Crippen LogP contribution < -0.4 is 14.4 Å². The van der Waals surface area contributed by atoms with Crippen molar-refractivity contribution in [3.05, 3.63) is 88.4 Å². The van der Waals surface area contributed by atoms with Crippen molar-refractivity contribution in [3.8, 4) is 5.75 Å². The smallest absolute Gasteiger partial charge is 0.245 e. The first-order valence-electron chi connectivity index (χ1n) is 9.22. The summed E-state index contributed by atoms with van der Waals surface area (Å²) in [6, 6.07) is 20.9. The lowest BCUT2D eigenvalue weighted by Gasteiger charge is -2.23. The lowest BCUT2D eigenvalue weighted by atomic mass is 10.2. The second kappa shape index (κ2) is 10.0. The quantitative estimate of drug-likeness (QED) is 0.495. The van der Waals surface area contributed by atoms with Crippen molar-refractivity contribution in [2.24, 2.45) is 0 Å². The van der Waals surface area contributed by atoms with Crippen LogP contribution in [0.1, 0.15) is 5.56 Å². The van der Waals surface area contributed by atoms with Crippen molar-refractivity contribution in [2.75, 3.05) is 22.4 Å². The number of amides is 1. The van der Waals surface area contributed by atoms with Crippen LogP contribution in [-0.2, 0) is 21.4 Å². The molecule has 0 saturated carbocycles. The van der Waals surface area contributed by atoms with Gasteiger partial charge in [-0.15, -0.1) is 0 Å². The summed E-state index contributed by atoms with van der Waals surface area (Å²) in [5.74, 6) is 0.127. The second-order valence-corrected chi connectivity index (χ2v) is 9.46. The number of rotatable bonds is 8. The van der Waals surface area contributed by atoms with Crippen molar-refractivity contribution in [2.45, 2.75) is 6.61 Å². The summed E-state index contributed by atoms with van der Waals surface area (Å²) in [5, 5.41) is 3.17. The Balaban J connectivity index is 1.64. The highest BCUT2D eigenvalue weighted by atomic mass is 35.5. The van der Waals surface area contributed by atoms with Crippen LogP contribution in [0, 0.1) is 0 Å². The number of nitrogens with zero attached hydrogens (tertiary/aromatic N) is 1. The molecule has 0 saturated heterocycles. The molecule has 162 valence electrons. The molecule has 9 heteroatoms. The van der Waals surface area contributed by atoms with Gasteiger partial charge in [0.1, 0.15) is 18.9 Å². The van der Waals surface area contributed by atoms with E-state index in [-0.39, 0.29) is 10.7 Å². The number of nitrogens with one attached hydrogen (secondary N) is 1. The molecule has 0 radical (unpaired) electrons. The van der Waals surface area contributed by atoms with Crippen LogP contribution in [0.4, 0.5) is 11.4 Å². The van der Waals surface area contributed by atoms with Gasteiger partial charge in [-0.05, 0) is 48.0 Å². The summed E-state index contributed by atoms with van der Waals surface area (Å²) in [6.45, 7) is -0.00976. The Kier molecular flexibility index (Phi) is 7.43. The Morgan fingerprint density at radius 1 is 1.00 bits per heavy atom. The first-order valence-corrected chi connectivity index (χ1v) is 11.8. The summed E-state index contributed by atoms with van der Waals surface area (Å²) >= 11 is 12.0. The molecular formula is C22H20Cl2N2O4S. The van der Waals surface area contributed by atoms with E-state index in [1.54, 1.807) is 24.3 Å². The zero-order valence-corrected chi connectivity index (χ0v) is 18.9. The largest absolute Gasteiger partial charge is 0.489 e. The molecule has 0 aliphatic carbocycles. The van der Waals surface area contributed by atoms with Gasteiger partial charge in [0, 0.05) is 10.7 Å². The zero-order valence-electron chi connectivity index (χ0n) is 16.6. The molecule has 0 unspecified atom stereocenters. The lowest BCUT2D eigenvalue weighted by Crippen LogP contribution is -2.37. The second-order valence-electron chi connectivity index (χ2n) is 6.71.